The zero-order valence-electron chi connectivity index (χ0n) is 16.4. The molecule has 1 atom stereocenters. The smallest absolute Gasteiger partial charge is 0.317 e. The van der Waals surface area contributed by atoms with E-state index < -0.39 is 0 Å². The minimum atomic E-state index is -0.306. The number of rotatable bonds is 4. The van der Waals surface area contributed by atoms with Crippen LogP contribution >= 0.6 is 0 Å². The SMILES string of the molecule is CC[C@H](NC(=O)N1CCC2(CC1)CN(C)C(=O)CO2)c1ccc(OC)cc1. The highest BCUT2D eigenvalue weighted by Crippen LogP contribution is 2.30. The van der Waals surface area contributed by atoms with Crippen molar-refractivity contribution in [3.8, 4) is 5.75 Å². The maximum absolute atomic E-state index is 12.7. The van der Waals surface area contributed by atoms with Crippen molar-refractivity contribution >= 4 is 11.9 Å². The third-order valence-electron chi connectivity index (χ3n) is 5.64. The number of piperidine rings is 1. The molecule has 2 aliphatic rings. The van der Waals surface area contributed by atoms with Crippen LogP contribution in [-0.2, 0) is 9.53 Å². The van der Waals surface area contributed by atoms with E-state index in [2.05, 4.69) is 12.2 Å². The molecule has 2 heterocycles. The second-order valence-electron chi connectivity index (χ2n) is 7.39. The second-order valence-corrected chi connectivity index (χ2v) is 7.39. The van der Waals surface area contributed by atoms with E-state index >= 15 is 0 Å². The van der Waals surface area contributed by atoms with Crippen LogP contribution in [-0.4, -0.2) is 67.7 Å². The van der Waals surface area contributed by atoms with Gasteiger partial charge < -0.3 is 24.6 Å². The molecule has 0 unspecified atom stereocenters. The number of nitrogens with zero attached hydrogens (tertiary/aromatic N) is 2. The van der Waals surface area contributed by atoms with Crippen molar-refractivity contribution in [2.45, 2.75) is 37.8 Å². The summed E-state index contributed by atoms with van der Waals surface area (Å²) < 4.78 is 11.0. The topological polar surface area (TPSA) is 71.1 Å². The summed E-state index contributed by atoms with van der Waals surface area (Å²) in [6, 6.07) is 7.71. The lowest BCUT2D eigenvalue weighted by Gasteiger charge is -2.46. The zero-order chi connectivity index (χ0) is 19.4. The summed E-state index contributed by atoms with van der Waals surface area (Å²) in [5.74, 6) is 0.822. The van der Waals surface area contributed by atoms with E-state index in [9.17, 15) is 9.59 Å². The summed E-state index contributed by atoms with van der Waals surface area (Å²) in [4.78, 5) is 28.0. The minimum absolute atomic E-state index is 0.0195. The fourth-order valence-electron chi connectivity index (χ4n) is 3.81. The van der Waals surface area contributed by atoms with Crippen LogP contribution in [0.2, 0.25) is 0 Å². The van der Waals surface area contributed by atoms with E-state index in [1.165, 1.54) is 0 Å². The van der Waals surface area contributed by atoms with Crippen molar-refractivity contribution in [1.82, 2.24) is 15.1 Å². The standard InChI is InChI=1S/C20H29N3O4/c1-4-17(15-5-7-16(26-3)8-6-15)21-19(25)23-11-9-20(10-12-23)14-22(2)18(24)13-27-20/h5-8,17H,4,9-14H2,1-3H3,(H,21,25)/t17-/m0/s1. The highest BCUT2D eigenvalue weighted by Gasteiger charge is 2.42. The predicted molar refractivity (Wildman–Crippen MR) is 102 cm³/mol. The summed E-state index contributed by atoms with van der Waals surface area (Å²) in [5, 5.41) is 3.14. The van der Waals surface area contributed by atoms with Crippen LogP contribution in [0.5, 0.6) is 5.75 Å². The van der Waals surface area contributed by atoms with Gasteiger partial charge in [-0.3, -0.25) is 4.79 Å². The highest BCUT2D eigenvalue weighted by atomic mass is 16.5. The molecule has 0 aliphatic carbocycles. The summed E-state index contributed by atoms with van der Waals surface area (Å²) in [7, 11) is 3.45. The number of likely N-dealkylation sites (tertiary alicyclic amines) is 1. The number of morpholine rings is 1. The van der Waals surface area contributed by atoms with Crippen LogP contribution in [0.3, 0.4) is 0 Å². The number of benzene rings is 1. The predicted octanol–water partition coefficient (Wildman–Crippen LogP) is 2.18. The summed E-state index contributed by atoms with van der Waals surface area (Å²) in [6.45, 7) is 4.06. The van der Waals surface area contributed by atoms with Gasteiger partial charge in [-0.15, -0.1) is 0 Å². The molecule has 3 rings (SSSR count). The van der Waals surface area contributed by atoms with E-state index in [-0.39, 0.29) is 30.2 Å². The van der Waals surface area contributed by atoms with Crippen molar-refractivity contribution in [1.29, 1.82) is 0 Å². The first-order valence-corrected chi connectivity index (χ1v) is 9.53. The van der Waals surface area contributed by atoms with E-state index in [1.807, 2.05) is 36.2 Å². The Morgan fingerprint density at radius 2 is 1.96 bits per heavy atom. The number of likely N-dealkylation sites (N-methyl/N-ethyl adjacent to an activating group) is 1. The Balaban J connectivity index is 1.56. The second kappa shape index (κ2) is 8.17. The molecule has 1 aromatic carbocycles. The first kappa shape index (κ1) is 19.5. The Hall–Kier alpha value is -2.28. The van der Waals surface area contributed by atoms with Crippen LogP contribution in [0.25, 0.3) is 0 Å². The van der Waals surface area contributed by atoms with Gasteiger partial charge in [0.2, 0.25) is 5.91 Å². The number of carbonyl (C=O) groups is 2. The van der Waals surface area contributed by atoms with E-state index in [0.717, 1.165) is 30.6 Å². The molecular weight excluding hydrogens is 346 g/mol. The third kappa shape index (κ3) is 4.35. The Morgan fingerprint density at radius 1 is 1.30 bits per heavy atom. The molecule has 1 spiro atoms. The molecule has 148 valence electrons. The number of methoxy groups -OCH3 is 1. The number of nitrogens with one attached hydrogen (secondary N) is 1. The average Bonchev–Trinajstić information content (AvgIpc) is 2.70. The van der Waals surface area contributed by atoms with E-state index in [0.29, 0.717) is 19.6 Å². The van der Waals surface area contributed by atoms with Crippen molar-refractivity contribution in [3.05, 3.63) is 29.8 Å². The van der Waals surface area contributed by atoms with Gasteiger partial charge in [0.1, 0.15) is 12.4 Å². The third-order valence-corrected chi connectivity index (χ3v) is 5.64. The Morgan fingerprint density at radius 3 is 2.52 bits per heavy atom. The summed E-state index contributed by atoms with van der Waals surface area (Å²) >= 11 is 0. The van der Waals surface area contributed by atoms with Gasteiger partial charge in [-0.25, -0.2) is 4.79 Å². The van der Waals surface area contributed by atoms with Crippen LogP contribution in [0.1, 0.15) is 37.8 Å². The first-order chi connectivity index (χ1) is 13.0. The summed E-state index contributed by atoms with van der Waals surface area (Å²) in [5.41, 5.74) is 0.760. The quantitative estimate of drug-likeness (QED) is 0.876. The highest BCUT2D eigenvalue weighted by molar-refractivity contribution is 5.78. The first-order valence-electron chi connectivity index (χ1n) is 9.53. The Bertz CT molecular complexity index is 668. The molecule has 0 bridgehead atoms. The van der Waals surface area contributed by atoms with E-state index in [1.54, 1.807) is 12.0 Å². The zero-order valence-corrected chi connectivity index (χ0v) is 16.4. The molecule has 7 heteroatoms. The van der Waals surface area contributed by atoms with Gasteiger partial charge in [0, 0.05) is 26.7 Å². The molecule has 2 aliphatic heterocycles. The number of urea groups is 1. The number of ether oxygens (including phenoxy) is 2. The summed E-state index contributed by atoms with van der Waals surface area (Å²) in [6.07, 6.45) is 2.31. The lowest BCUT2D eigenvalue weighted by molar-refractivity contribution is -0.167. The van der Waals surface area contributed by atoms with Crippen molar-refractivity contribution < 1.29 is 19.1 Å². The monoisotopic (exact) mass is 375 g/mol. The molecule has 2 saturated heterocycles. The maximum atomic E-state index is 12.7. The fraction of sp³-hybridized carbons (Fsp3) is 0.600. The number of hydrogen-bond donors (Lipinski definition) is 1. The lowest BCUT2D eigenvalue weighted by Crippen LogP contribution is -2.59. The van der Waals surface area contributed by atoms with Crippen LogP contribution in [0, 0.1) is 0 Å². The van der Waals surface area contributed by atoms with Crippen LogP contribution in [0.15, 0.2) is 24.3 Å². The van der Waals surface area contributed by atoms with Gasteiger partial charge in [0.25, 0.3) is 0 Å². The van der Waals surface area contributed by atoms with Crippen molar-refractivity contribution in [2.24, 2.45) is 0 Å². The van der Waals surface area contributed by atoms with E-state index in [4.69, 9.17) is 9.47 Å². The molecule has 0 aromatic heterocycles. The van der Waals surface area contributed by atoms with Gasteiger partial charge >= 0.3 is 6.03 Å². The Kier molecular flexibility index (Phi) is 5.89. The van der Waals surface area contributed by atoms with Crippen molar-refractivity contribution in [2.75, 3.05) is 40.4 Å². The molecule has 1 N–H and O–H groups in total. The normalized spacial score (nSPS) is 20.5. The Labute approximate surface area is 160 Å². The molecule has 2 fully saturated rings. The minimum Gasteiger partial charge on any atom is -0.497 e. The largest absolute Gasteiger partial charge is 0.497 e. The molecule has 7 nitrogen and oxygen atoms in total. The maximum Gasteiger partial charge on any atom is 0.317 e. The molecule has 1 aromatic rings. The molecular formula is C20H29N3O4. The van der Waals surface area contributed by atoms with Gasteiger partial charge in [-0.05, 0) is 37.0 Å². The molecule has 3 amide bonds. The van der Waals surface area contributed by atoms with Crippen LogP contribution in [0.4, 0.5) is 4.79 Å². The lowest BCUT2D eigenvalue weighted by atomic mass is 9.89. The molecule has 0 radical (unpaired) electrons. The number of carbonyl (C=O) groups excluding carboxylic acids is 2. The van der Waals surface area contributed by atoms with Crippen LogP contribution < -0.4 is 10.1 Å². The van der Waals surface area contributed by atoms with Gasteiger partial charge in [-0.2, -0.15) is 0 Å². The van der Waals surface area contributed by atoms with Gasteiger partial charge in [0.15, 0.2) is 0 Å². The van der Waals surface area contributed by atoms with Gasteiger partial charge in [-0.1, -0.05) is 19.1 Å². The van der Waals surface area contributed by atoms with Crippen molar-refractivity contribution in [3.63, 3.8) is 0 Å². The number of amides is 3. The average molecular weight is 375 g/mol. The number of hydrogen-bond acceptors (Lipinski definition) is 4. The van der Waals surface area contributed by atoms with Gasteiger partial charge in [0.05, 0.1) is 18.8 Å². The molecule has 27 heavy (non-hydrogen) atoms. The fourth-order valence-corrected chi connectivity index (χ4v) is 3.81. The molecule has 0 saturated carbocycles.